The largest absolute Gasteiger partial charge is 0.396 e. The molecule has 1 aliphatic heterocycles. The van der Waals surface area contributed by atoms with E-state index in [4.69, 9.17) is 4.74 Å². The van der Waals surface area contributed by atoms with Crippen LogP contribution in [0.1, 0.15) is 76.8 Å². The van der Waals surface area contributed by atoms with Gasteiger partial charge in [0, 0.05) is 54.4 Å². The van der Waals surface area contributed by atoms with Gasteiger partial charge in [0.05, 0.1) is 17.8 Å². The van der Waals surface area contributed by atoms with E-state index >= 15 is 0 Å². The number of ether oxygens (including phenoxy) is 1. The molecule has 1 heterocycles. The zero-order valence-electron chi connectivity index (χ0n) is 35.3. The van der Waals surface area contributed by atoms with Crippen LogP contribution in [0, 0.1) is 34.5 Å². The number of hydrogen-bond donors (Lipinski definition) is 7. The minimum atomic E-state index is -1.54. The first-order valence-corrected chi connectivity index (χ1v) is 21.3. The van der Waals surface area contributed by atoms with Gasteiger partial charge in [-0.1, -0.05) is 90.6 Å². The zero-order chi connectivity index (χ0) is 41.9. The highest BCUT2D eigenvalue weighted by Crippen LogP contribution is 2.75. The van der Waals surface area contributed by atoms with Crippen molar-refractivity contribution in [2.24, 2.45) is 34.5 Å². The summed E-state index contributed by atoms with van der Waals surface area (Å²) in [6.45, 7) is 11.2. The molecule has 6 rings (SSSR count). The van der Waals surface area contributed by atoms with Crippen molar-refractivity contribution in [1.29, 1.82) is 0 Å². The van der Waals surface area contributed by atoms with Gasteiger partial charge in [0.1, 0.15) is 12.5 Å². The Morgan fingerprint density at radius 3 is 2.60 bits per heavy atom. The highest BCUT2D eigenvalue weighted by molar-refractivity contribution is 5.75. The Bertz CT molecular complexity index is 1880. The quantitative estimate of drug-likeness (QED) is 0.0553. The molecular weight excluding hydrogens is 729 g/mol. The average Bonchev–Trinajstić information content (AvgIpc) is 3.52. The molecule has 9 heteroatoms. The molecule has 1 aromatic carbocycles. The predicted octanol–water partition coefficient (Wildman–Crippen LogP) is 5.60. The SMILES string of the molecule is C=C(C=CC=C(CO)[C@H]1CC[C@@]23[C@H]4C(=C(C)C=O)[C@H](C=C[C@]4(CCO)C=C[C@@]12O)C[C@]3(O)CCNC)[C@H]1CC=C(C)[C@@H](O)N[C@@](C)(CCOC)Cc2cccc(c2)C1. The molecule has 7 N–H and O–H groups in total. The maximum atomic E-state index is 13.3. The monoisotopic (exact) mass is 797 g/mol. The Labute approximate surface area is 346 Å². The van der Waals surface area contributed by atoms with Gasteiger partial charge in [-0.25, -0.2) is 0 Å². The number of aliphatic hydroxyl groups is 5. The van der Waals surface area contributed by atoms with Crippen molar-refractivity contribution >= 4 is 6.29 Å². The second kappa shape index (κ2) is 17.8. The van der Waals surface area contributed by atoms with E-state index in [1.165, 1.54) is 11.1 Å². The fourth-order valence-corrected chi connectivity index (χ4v) is 11.8. The topological polar surface area (TPSA) is 152 Å². The number of fused-ring (bicyclic) bond motifs is 3. The molecule has 0 radical (unpaired) electrons. The van der Waals surface area contributed by atoms with Crippen LogP contribution in [-0.2, 0) is 22.4 Å². The highest BCUT2D eigenvalue weighted by atomic mass is 16.5. The van der Waals surface area contributed by atoms with Crippen LogP contribution in [0.4, 0.5) is 0 Å². The van der Waals surface area contributed by atoms with Gasteiger partial charge in [-0.2, -0.15) is 0 Å². The van der Waals surface area contributed by atoms with E-state index < -0.39 is 40.1 Å². The van der Waals surface area contributed by atoms with Crippen molar-refractivity contribution in [1.82, 2.24) is 10.6 Å². The molecule has 0 aromatic heterocycles. The molecule has 10 atom stereocenters. The molecule has 9 nitrogen and oxygen atoms in total. The molecule has 316 valence electrons. The van der Waals surface area contributed by atoms with E-state index in [-0.39, 0.29) is 30.6 Å². The Balaban J connectivity index is 1.34. The van der Waals surface area contributed by atoms with Gasteiger partial charge in [0.15, 0.2) is 0 Å². The molecule has 0 amide bonds. The summed E-state index contributed by atoms with van der Waals surface area (Å²) in [4.78, 5) is 12.5. The number of carbonyl (C=O) groups is 1. The number of nitrogens with one attached hydrogen (secondary N) is 2. The van der Waals surface area contributed by atoms with Crippen LogP contribution in [0.5, 0.6) is 0 Å². The van der Waals surface area contributed by atoms with E-state index in [2.05, 4.69) is 66.6 Å². The number of carbonyl (C=O) groups excluding carboxylic acids is 1. The van der Waals surface area contributed by atoms with Crippen LogP contribution in [0.2, 0.25) is 0 Å². The summed E-state index contributed by atoms with van der Waals surface area (Å²) in [6.07, 6.45) is 21.2. The molecule has 4 bridgehead atoms. The molecule has 58 heavy (non-hydrogen) atoms. The minimum absolute atomic E-state index is 0.0433. The van der Waals surface area contributed by atoms with Crippen LogP contribution in [0.25, 0.3) is 0 Å². The first kappa shape index (κ1) is 44.3. The standard InChI is InChI=1S/C49H68N2O7/c1-33(38-14-13-34(2)44(55)51-45(4,23-26-58-6)29-37-11-8-10-36(27-37)28-38)9-7-12-40(32-54)41-16-18-48-43-42(35(3)31-53)39(30-47(48,56)21-24-50-5)15-17-46(43,22-25-52)19-20-49(41,48)57/h7-13,15,17,19-20,27,31,38-39,41,43-44,50-52,54-57H,1,14,16,18,21-26,28-30,32H2,2-6H3/t38-,39+,41+,43-,44+,45-,46+,47+,48-,49+/m0/s1. The fraction of sp³-hybridized carbons (Fsp3) is 0.571. The third-order valence-corrected chi connectivity index (χ3v) is 14.8. The molecule has 2 saturated carbocycles. The van der Waals surface area contributed by atoms with Crippen LogP contribution in [0.15, 0.2) is 107 Å². The summed E-state index contributed by atoms with van der Waals surface area (Å²) in [5.41, 5.74) is 1.41. The summed E-state index contributed by atoms with van der Waals surface area (Å²) in [6, 6.07) is 8.63. The minimum Gasteiger partial charge on any atom is -0.396 e. The van der Waals surface area contributed by atoms with Crippen molar-refractivity contribution in [2.45, 2.75) is 102 Å². The van der Waals surface area contributed by atoms with E-state index in [9.17, 15) is 30.3 Å². The fourth-order valence-electron chi connectivity index (χ4n) is 11.8. The summed E-state index contributed by atoms with van der Waals surface area (Å²) in [5.74, 6) is -1.04. The molecule has 0 saturated heterocycles. The molecule has 1 spiro atoms. The van der Waals surface area contributed by atoms with Crippen molar-refractivity contribution in [3.05, 3.63) is 118 Å². The van der Waals surface area contributed by atoms with Gasteiger partial charge in [-0.05, 0) is 126 Å². The Kier molecular flexibility index (Phi) is 13.6. The summed E-state index contributed by atoms with van der Waals surface area (Å²) in [5, 5.41) is 65.7. The Morgan fingerprint density at radius 2 is 1.90 bits per heavy atom. The third kappa shape index (κ3) is 7.90. The summed E-state index contributed by atoms with van der Waals surface area (Å²) in [7, 11) is 3.56. The summed E-state index contributed by atoms with van der Waals surface area (Å²) >= 11 is 0. The normalized spacial score (nSPS) is 38.1. The number of hydrogen-bond acceptors (Lipinski definition) is 9. The van der Waals surface area contributed by atoms with E-state index in [1.807, 2.05) is 51.3 Å². The molecule has 0 unspecified atom stereocenters. The lowest BCUT2D eigenvalue weighted by Crippen LogP contribution is -2.72. The number of aliphatic hydroxyl groups excluding tert-OH is 3. The third-order valence-electron chi connectivity index (χ3n) is 14.8. The average molecular weight is 797 g/mol. The van der Waals surface area contributed by atoms with Gasteiger partial charge in [-0.15, -0.1) is 0 Å². The summed E-state index contributed by atoms with van der Waals surface area (Å²) < 4.78 is 5.41. The van der Waals surface area contributed by atoms with Crippen LogP contribution in [0.3, 0.4) is 0 Å². The molecule has 5 aliphatic rings. The molecular formula is C49H68N2O7. The van der Waals surface area contributed by atoms with Gasteiger partial charge in [-0.3, -0.25) is 10.1 Å². The van der Waals surface area contributed by atoms with Gasteiger partial charge < -0.3 is 35.6 Å². The Hall–Kier alpha value is -3.25. The lowest BCUT2D eigenvalue weighted by Gasteiger charge is -2.68. The van der Waals surface area contributed by atoms with Crippen LogP contribution >= 0.6 is 0 Å². The second-order valence-electron chi connectivity index (χ2n) is 18.3. The van der Waals surface area contributed by atoms with Crippen molar-refractivity contribution in [2.75, 3.05) is 40.5 Å². The number of methoxy groups -OCH3 is 1. The highest BCUT2D eigenvalue weighted by Gasteiger charge is 2.77. The maximum Gasteiger partial charge on any atom is 0.145 e. The molecule has 2 fully saturated rings. The van der Waals surface area contributed by atoms with Gasteiger partial charge >= 0.3 is 0 Å². The first-order valence-electron chi connectivity index (χ1n) is 21.3. The lowest BCUT2D eigenvalue weighted by molar-refractivity contribution is -0.233. The molecule has 4 aliphatic carbocycles. The molecule has 1 aromatic rings. The van der Waals surface area contributed by atoms with Gasteiger partial charge in [0.2, 0.25) is 0 Å². The smallest absolute Gasteiger partial charge is 0.145 e. The lowest BCUT2D eigenvalue weighted by atomic mass is 9.37. The van der Waals surface area contributed by atoms with E-state index in [1.54, 1.807) is 7.11 Å². The maximum absolute atomic E-state index is 13.3. The predicted molar refractivity (Wildman–Crippen MR) is 230 cm³/mol. The van der Waals surface area contributed by atoms with E-state index in [0.29, 0.717) is 62.8 Å². The van der Waals surface area contributed by atoms with Crippen molar-refractivity contribution in [3.8, 4) is 0 Å². The van der Waals surface area contributed by atoms with E-state index in [0.717, 1.165) is 42.3 Å². The van der Waals surface area contributed by atoms with Crippen molar-refractivity contribution in [3.63, 3.8) is 0 Å². The first-order chi connectivity index (χ1) is 27.7. The second-order valence-corrected chi connectivity index (χ2v) is 18.3. The number of allylic oxidation sites excluding steroid dienone is 10. The Morgan fingerprint density at radius 1 is 1.12 bits per heavy atom. The van der Waals surface area contributed by atoms with Crippen LogP contribution < -0.4 is 10.6 Å². The number of rotatable bonds is 14. The number of benzene rings is 1. The van der Waals surface area contributed by atoms with Crippen molar-refractivity contribution < 1.29 is 35.1 Å². The van der Waals surface area contributed by atoms with Gasteiger partial charge in [0.25, 0.3) is 0 Å². The van der Waals surface area contributed by atoms with Crippen LogP contribution in [-0.4, -0.2) is 95.3 Å². The number of aldehydes is 1. The zero-order valence-corrected chi connectivity index (χ0v) is 35.3.